The molecule has 0 fully saturated rings. The maximum absolute atomic E-state index is 3.85. The van der Waals surface area contributed by atoms with E-state index in [0.29, 0.717) is 0 Å². The zero-order chi connectivity index (χ0) is 10.6. The van der Waals surface area contributed by atoms with E-state index in [9.17, 15) is 0 Å². The Morgan fingerprint density at radius 3 is 2.57 bits per heavy atom. The van der Waals surface area contributed by atoms with E-state index in [1.807, 2.05) is 6.08 Å². The molecule has 1 heteroatoms. The topological polar surface area (TPSA) is 0 Å². The lowest BCUT2D eigenvalue weighted by Gasteiger charge is -2.09. The highest BCUT2D eigenvalue weighted by atomic mass is 14.1. The first kappa shape index (κ1) is 10.8. The van der Waals surface area contributed by atoms with Crippen LogP contribution < -0.4 is 5.46 Å². The van der Waals surface area contributed by atoms with Crippen molar-refractivity contribution in [2.75, 3.05) is 0 Å². The highest BCUT2D eigenvalue weighted by Crippen LogP contribution is 2.18. The molecule has 0 bridgehead atoms. The average Bonchev–Trinajstić information content (AvgIpc) is 2.20. The first-order valence-corrected chi connectivity index (χ1v) is 5.08. The third-order valence-corrected chi connectivity index (χ3v) is 2.66. The third-order valence-electron chi connectivity index (χ3n) is 2.66. The van der Waals surface area contributed by atoms with Crippen LogP contribution in [-0.2, 0) is 0 Å². The second kappa shape index (κ2) is 4.85. The van der Waals surface area contributed by atoms with Crippen molar-refractivity contribution in [3.8, 4) is 0 Å². The SMILES string of the molecule is Bc1ccccc1/C(C)=C(/C=C)CC. The molecule has 0 saturated carbocycles. The lowest BCUT2D eigenvalue weighted by molar-refractivity contribution is 1.15. The minimum Gasteiger partial charge on any atom is -0.0988 e. The summed E-state index contributed by atoms with van der Waals surface area (Å²) >= 11 is 0. The van der Waals surface area contributed by atoms with Crippen molar-refractivity contribution in [2.45, 2.75) is 20.3 Å². The van der Waals surface area contributed by atoms with Gasteiger partial charge in [0.25, 0.3) is 0 Å². The molecule has 0 unspecified atom stereocenters. The van der Waals surface area contributed by atoms with Crippen molar-refractivity contribution < 1.29 is 0 Å². The quantitative estimate of drug-likeness (QED) is 0.499. The number of benzene rings is 1. The van der Waals surface area contributed by atoms with Gasteiger partial charge in [0.15, 0.2) is 0 Å². The van der Waals surface area contributed by atoms with Crippen molar-refractivity contribution in [1.29, 1.82) is 0 Å². The fraction of sp³-hybridized carbons (Fsp3) is 0.231. The molecule has 0 heterocycles. The molecule has 0 radical (unpaired) electrons. The van der Waals surface area contributed by atoms with Gasteiger partial charge in [0, 0.05) is 0 Å². The maximum atomic E-state index is 3.85. The molecule has 1 aromatic rings. The lowest BCUT2D eigenvalue weighted by Crippen LogP contribution is -2.08. The second-order valence-electron chi connectivity index (χ2n) is 3.52. The predicted molar refractivity (Wildman–Crippen MR) is 67.7 cm³/mol. The Hall–Kier alpha value is -1.24. The van der Waals surface area contributed by atoms with Gasteiger partial charge >= 0.3 is 0 Å². The van der Waals surface area contributed by atoms with Crippen molar-refractivity contribution in [3.05, 3.63) is 48.1 Å². The molecule has 0 saturated heterocycles. The van der Waals surface area contributed by atoms with Gasteiger partial charge < -0.3 is 0 Å². The molecule has 0 amide bonds. The van der Waals surface area contributed by atoms with E-state index in [0.717, 1.165) is 6.42 Å². The van der Waals surface area contributed by atoms with Crippen molar-refractivity contribution in [2.24, 2.45) is 0 Å². The van der Waals surface area contributed by atoms with E-state index < -0.39 is 0 Å². The Labute approximate surface area is 87.8 Å². The summed E-state index contributed by atoms with van der Waals surface area (Å²) < 4.78 is 0. The van der Waals surface area contributed by atoms with Crippen LogP contribution in [0, 0.1) is 0 Å². The largest absolute Gasteiger partial charge is 0.140 e. The van der Waals surface area contributed by atoms with Crippen molar-refractivity contribution in [3.63, 3.8) is 0 Å². The Bertz CT molecular complexity index is 361. The van der Waals surface area contributed by atoms with Gasteiger partial charge in [-0.2, -0.15) is 0 Å². The molecule has 0 N–H and O–H groups in total. The molecule has 0 atom stereocenters. The summed E-state index contributed by atoms with van der Waals surface area (Å²) in [6.07, 6.45) is 3.01. The first-order valence-electron chi connectivity index (χ1n) is 5.08. The van der Waals surface area contributed by atoms with Crippen LogP contribution in [0.3, 0.4) is 0 Å². The lowest BCUT2D eigenvalue weighted by atomic mass is 9.85. The van der Waals surface area contributed by atoms with Crippen LogP contribution in [-0.4, -0.2) is 7.85 Å². The zero-order valence-corrected chi connectivity index (χ0v) is 9.30. The molecule has 0 aliphatic rings. The minimum absolute atomic E-state index is 1.05. The first-order chi connectivity index (χ1) is 6.70. The number of hydrogen-bond acceptors (Lipinski definition) is 0. The van der Waals surface area contributed by atoms with E-state index in [4.69, 9.17) is 0 Å². The van der Waals surface area contributed by atoms with Crippen LogP contribution in [0.1, 0.15) is 25.8 Å². The van der Waals surface area contributed by atoms with Gasteiger partial charge in [0.2, 0.25) is 0 Å². The second-order valence-corrected chi connectivity index (χ2v) is 3.52. The van der Waals surface area contributed by atoms with E-state index in [2.05, 4.69) is 52.5 Å². The van der Waals surface area contributed by atoms with Gasteiger partial charge in [-0.3, -0.25) is 0 Å². The van der Waals surface area contributed by atoms with Gasteiger partial charge in [-0.15, -0.1) is 0 Å². The van der Waals surface area contributed by atoms with E-state index in [-0.39, 0.29) is 0 Å². The van der Waals surface area contributed by atoms with Gasteiger partial charge in [0.1, 0.15) is 7.85 Å². The van der Waals surface area contributed by atoms with Crippen LogP contribution in [0.5, 0.6) is 0 Å². The van der Waals surface area contributed by atoms with Gasteiger partial charge in [-0.05, 0) is 30.1 Å². The molecular formula is C13H17B. The molecular weight excluding hydrogens is 167 g/mol. The summed E-state index contributed by atoms with van der Waals surface area (Å²) in [5.74, 6) is 0. The van der Waals surface area contributed by atoms with E-state index in [1.54, 1.807) is 0 Å². The van der Waals surface area contributed by atoms with Gasteiger partial charge in [-0.25, -0.2) is 0 Å². The van der Waals surface area contributed by atoms with Gasteiger partial charge in [0.05, 0.1) is 0 Å². The van der Waals surface area contributed by atoms with Crippen molar-refractivity contribution in [1.82, 2.24) is 0 Å². The van der Waals surface area contributed by atoms with Crippen molar-refractivity contribution >= 4 is 18.9 Å². The number of rotatable bonds is 3. The van der Waals surface area contributed by atoms with Crippen LogP contribution in [0.4, 0.5) is 0 Å². The molecule has 72 valence electrons. The van der Waals surface area contributed by atoms with E-state index >= 15 is 0 Å². The Morgan fingerprint density at radius 1 is 1.43 bits per heavy atom. The Morgan fingerprint density at radius 2 is 2.07 bits per heavy atom. The molecule has 14 heavy (non-hydrogen) atoms. The Kier molecular flexibility index (Phi) is 3.76. The average molecular weight is 184 g/mol. The fourth-order valence-electron chi connectivity index (χ4n) is 1.73. The van der Waals surface area contributed by atoms with E-state index in [1.165, 1.54) is 22.2 Å². The van der Waals surface area contributed by atoms with Crippen LogP contribution in [0.25, 0.3) is 5.57 Å². The summed E-state index contributed by atoms with van der Waals surface area (Å²) in [4.78, 5) is 0. The molecule has 1 rings (SSSR count). The Balaban J connectivity index is 3.23. The molecule has 0 aromatic heterocycles. The number of hydrogen-bond donors (Lipinski definition) is 0. The third kappa shape index (κ3) is 2.17. The fourth-order valence-corrected chi connectivity index (χ4v) is 1.73. The summed E-state index contributed by atoms with van der Waals surface area (Å²) in [5, 5.41) is 0. The smallest absolute Gasteiger partial charge is 0.0988 e. The van der Waals surface area contributed by atoms with Crippen LogP contribution >= 0.6 is 0 Å². The maximum Gasteiger partial charge on any atom is 0.140 e. The summed E-state index contributed by atoms with van der Waals surface area (Å²) in [6.45, 7) is 8.19. The van der Waals surface area contributed by atoms with Crippen LogP contribution in [0.2, 0.25) is 0 Å². The monoisotopic (exact) mass is 184 g/mol. The molecule has 0 aliphatic heterocycles. The highest BCUT2D eigenvalue weighted by Gasteiger charge is 2.02. The summed E-state index contributed by atoms with van der Waals surface area (Å²) in [6, 6.07) is 8.48. The minimum atomic E-state index is 1.05. The zero-order valence-electron chi connectivity index (χ0n) is 9.30. The predicted octanol–water partition coefficient (Wildman–Crippen LogP) is 2.31. The normalized spacial score (nSPS) is 12.1. The van der Waals surface area contributed by atoms with Crippen LogP contribution in [0.15, 0.2) is 42.5 Å². The molecule has 0 aliphatic carbocycles. The van der Waals surface area contributed by atoms with Gasteiger partial charge in [-0.1, -0.05) is 49.3 Å². The summed E-state index contributed by atoms with van der Waals surface area (Å²) in [5.41, 5.74) is 5.35. The highest BCUT2D eigenvalue weighted by molar-refractivity contribution is 6.34. The number of allylic oxidation sites excluding steroid dienone is 3. The summed E-state index contributed by atoms with van der Waals surface area (Å²) in [7, 11) is 2.15. The molecule has 1 aromatic carbocycles. The molecule has 0 nitrogen and oxygen atoms in total. The molecule has 0 spiro atoms. The standard InChI is InChI=1S/C13H17B/c1-4-11(5-2)10(3)12-8-6-7-9-13(12)14/h4,6-9H,1,5,14H2,2-3H3/b11-10-.